The minimum Gasteiger partial charge on any atom is -0.301 e. The van der Waals surface area contributed by atoms with Gasteiger partial charge in [0.1, 0.15) is 0 Å². The number of hydrogen-bond acceptors (Lipinski definition) is 6. The number of nitrogens with two attached hydrogens (primary N) is 1. The fourth-order valence-corrected chi connectivity index (χ4v) is 4.09. The molecule has 1 aromatic heterocycles. The molecule has 0 atom stereocenters. The Morgan fingerprint density at radius 1 is 1.14 bits per heavy atom. The van der Waals surface area contributed by atoms with E-state index in [0.717, 1.165) is 17.3 Å². The molecule has 0 amide bonds. The van der Waals surface area contributed by atoms with Crippen molar-refractivity contribution in [1.29, 1.82) is 0 Å². The summed E-state index contributed by atoms with van der Waals surface area (Å²) in [4.78, 5) is 31.8. The number of Topliss-reactive ketones (excluding diaryl/α,β-unsaturated/α-hetero) is 1. The zero-order chi connectivity index (χ0) is 21.0. The predicted molar refractivity (Wildman–Crippen MR) is 112 cm³/mol. The van der Waals surface area contributed by atoms with E-state index in [1.807, 2.05) is 30.3 Å². The van der Waals surface area contributed by atoms with Gasteiger partial charge in [-0.25, -0.2) is 18.5 Å². The summed E-state index contributed by atoms with van der Waals surface area (Å²) in [7, 11) is -3.89. The normalized spacial score (nSPS) is 11.4. The van der Waals surface area contributed by atoms with Crippen molar-refractivity contribution in [3.8, 4) is 0 Å². The first-order chi connectivity index (χ1) is 13.7. The summed E-state index contributed by atoms with van der Waals surface area (Å²) < 4.78 is 22.9. The van der Waals surface area contributed by atoms with Crippen molar-refractivity contribution in [2.24, 2.45) is 5.14 Å². The quantitative estimate of drug-likeness (QED) is 0.337. The van der Waals surface area contributed by atoms with E-state index >= 15 is 0 Å². The first kappa shape index (κ1) is 21.0. The van der Waals surface area contributed by atoms with Gasteiger partial charge in [-0.1, -0.05) is 54.2 Å². The second-order valence-electron chi connectivity index (χ2n) is 6.38. The van der Waals surface area contributed by atoms with Crippen LogP contribution in [0.15, 0.2) is 69.4 Å². The van der Waals surface area contributed by atoms with Crippen molar-refractivity contribution < 1.29 is 13.2 Å². The van der Waals surface area contributed by atoms with Crippen LogP contribution in [0.25, 0.3) is 0 Å². The number of sulfonamides is 1. The highest BCUT2D eigenvalue weighted by atomic mass is 32.2. The second-order valence-corrected chi connectivity index (χ2v) is 8.91. The molecule has 3 rings (SSSR count). The number of carbonyl (C=O) groups is 1. The van der Waals surface area contributed by atoms with Crippen LogP contribution in [0.2, 0.25) is 0 Å². The number of benzene rings is 2. The third-order valence-electron chi connectivity index (χ3n) is 4.25. The maximum atomic E-state index is 12.5. The minimum absolute atomic E-state index is 0.00547. The third-order valence-corrected chi connectivity index (χ3v) is 6.03. The number of carbonyl (C=O) groups excluding carboxylic acids is 1. The first-order valence-corrected chi connectivity index (χ1v) is 11.2. The summed E-state index contributed by atoms with van der Waals surface area (Å²) in [5.74, 6) is -0.303. The molecular weight excluding hydrogens is 410 g/mol. The SMILES string of the molecule is Cc1nc(SCC(=O)c2cccc(S(N)(=O)=O)c2)[nH]c(=O)c1Cc1ccccc1. The Labute approximate surface area is 172 Å². The molecule has 0 saturated carbocycles. The Bertz CT molecular complexity index is 1210. The van der Waals surface area contributed by atoms with E-state index in [1.54, 1.807) is 6.92 Å². The number of H-pyrrole nitrogens is 1. The van der Waals surface area contributed by atoms with E-state index in [2.05, 4.69) is 9.97 Å². The van der Waals surface area contributed by atoms with Crippen LogP contribution in [0.1, 0.15) is 27.2 Å². The minimum atomic E-state index is -3.89. The number of ketones is 1. The molecule has 1 heterocycles. The summed E-state index contributed by atoms with van der Waals surface area (Å²) in [5.41, 5.74) is 2.17. The molecule has 3 N–H and O–H groups in total. The maximum Gasteiger partial charge on any atom is 0.255 e. The zero-order valence-corrected chi connectivity index (χ0v) is 17.2. The van der Waals surface area contributed by atoms with Crippen LogP contribution in [0.5, 0.6) is 0 Å². The highest BCUT2D eigenvalue weighted by molar-refractivity contribution is 7.99. The van der Waals surface area contributed by atoms with E-state index in [4.69, 9.17) is 5.14 Å². The third kappa shape index (κ3) is 5.41. The second kappa shape index (κ2) is 8.73. The standard InChI is InChI=1S/C20H19N3O4S2/c1-13-17(10-14-6-3-2-4-7-14)19(25)23-20(22-13)28-12-18(24)15-8-5-9-16(11-15)29(21,26)27/h2-9,11H,10,12H2,1H3,(H2,21,26,27)(H,22,23,25). The number of thioether (sulfide) groups is 1. The largest absolute Gasteiger partial charge is 0.301 e. The van der Waals surface area contributed by atoms with Crippen LogP contribution >= 0.6 is 11.8 Å². The van der Waals surface area contributed by atoms with Crippen LogP contribution in [0, 0.1) is 6.92 Å². The van der Waals surface area contributed by atoms with E-state index in [9.17, 15) is 18.0 Å². The van der Waals surface area contributed by atoms with E-state index in [0.29, 0.717) is 22.8 Å². The Morgan fingerprint density at radius 2 is 1.86 bits per heavy atom. The fraction of sp³-hybridized carbons (Fsp3) is 0.150. The molecule has 9 heteroatoms. The molecule has 0 saturated heterocycles. The van der Waals surface area contributed by atoms with Gasteiger partial charge in [-0.15, -0.1) is 0 Å². The summed E-state index contributed by atoms with van der Waals surface area (Å²) in [5, 5.41) is 5.43. The lowest BCUT2D eigenvalue weighted by molar-refractivity contribution is 0.102. The van der Waals surface area contributed by atoms with Crippen LogP contribution in [-0.2, 0) is 16.4 Å². The predicted octanol–water partition coefficient (Wildman–Crippen LogP) is 2.29. The molecule has 0 aliphatic heterocycles. The topological polar surface area (TPSA) is 123 Å². The summed E-state index contributed by atoms with van der Waals surface area (Å²) >= 11 is 1.08. The highest BCUT2D eigenvalue weighted by Gasteiger charge is 2.14. The molecule has 29 heavy (non-hydrogen) atoms. The Kier molecular flexibility index (Phi) is 6.31. The van der Waals surface area contributed by atoms with E-state index in [1.165, 1.54) is 24.3 Å². The van der Waals surface area contributed by atoms with Crippen molar-refractivity contribution >= 4 is 27.6 Å². The van der Waals surface area contributed by atoms with Crippen molar-refractivity contribution in [3.05, 3.63) is 87.3 Å². The highest BCUT2D eigenvalue weighted by Crippen LogP contribution is 2.18. The molecule has 0 spiro atoms. The molecule has 0 radical (unpaired) electrons. The number of nitrogens with zero attached hydrogens (tertiary/aromatic N) is 1. The van der Waals surface area contributed by atoms with Crippen molar-refractivity contribution in [1.82, 2.24) is 9.97 Å². The number of nitrogens with one attached hydrogen (secondary N) is 1. The average molecular weight is 430 g/mol. The number of aromatic nitrogens is 2. The summed E-state index contributed by atoms with van der Waals surface area (Å²) in [6.45, 7) is 1.76. The van der Waals surface area contributed by atoms with Gasteiger partial charge in [0.2, 0.25) is 10.0 Å². The smallest absolute Gasteiger partial charge is 0.255 e. The fourth-order valence-electron chi connectivity index (χ4n) is 2.72. The number of aromatic amines is 1. The summed E-state index contributed by atoms with van der Waals surface area (Å²) in [6.07, 6.45) is 0.471. The lowest BCUT2D eigenvalue weighted by Gasteiger charge is -2.07. The van der Waals surface area contributed by atoms with Crippen molar-refractivity contribution in [2.45, 2.75) is 23.4 Å². The number of hydrogen-bond donors (Lipinski definition) is 2. The van der Waals surface area contributed by atoms with Gasteiger partial charge in [-0.05, 0) is 24.6 Å². The van der Waals surface area contributed by atoms with Gasteiger partial charge in [0.15, 0.2) is 10.9 Å². The van der Waals surface area contributed by atoms with Crippen molar-refractivity contribution in [3.63, 3.8) is 0 Å². The van der Waals surface area contributed by atoms with E-state index < -0.39 is 10.0 Å². The number of primary sulfonamides is 1. The molecule has 2 aromatic carbocycles. The monoisotopic (exact) mass is 429 g/mol. The number of rotatable bonds is 7. The van der Waals surface area contributed by atoms with Gasteiger partial charge >= 0.3 is 0 Å². The number of aryl methyl sites for hydroxylation is 1. The van der Waals surface area contributed by atoms with Crippen LogP contribution in [0.3, 0.4) is 0 Å². The molecule has 150 valence electrons. The van der Waals surface area contributed by atoms with Crippen molar-refractivity contribution in [2.75, 3.05) is 5.75 Å². The Balaban J connectivity index is 1.73. The zero-order valence-electron chi connectivity index (χ0n) is 15.6. The van der Waals surface area contributed by atoms with Gasteiger partial charge in [-0.3, -0.25) is 9.59 Å². The Hall–Kier alpha value is -2.75. The van der Waals surface area contributed by atoms with E-state index in [-0.39, 0.29) is 27.6 Å². The van der Waals surface area contributed by atoms with Gasteiger partial charge < -0.3 is 4.98 Å². The molecule has 0 bridgehead atoms. The maximum absolute atomic E-state index is 12.5. The first-order valence-electron chi connectivity index (χ1n) is 8.66. The molecule has 7 nitrogen and oxygen atoms in total. The van der Waals surface area contributed by atoms with Crippen LogP contribution in [0.4, 0.5) is 0 Å². The molecule has 0 fully saturated rings. The van der Waals surface area contributed by atoms with Crippen LogP contribution < -0.4 is 10.7 Å². The lowest BCUT2D eigenvalue weighted by Crippen LogP contribution is -2.18. The average Bonchev–Trinajstić information content (AvgIpc) is 2.69. The molecule has 0 aliphatic rings. The van der Waals surface area contributed by atoms with Crippen LogP contribution in [-0.4, -0.2) is 29.9 Å². The molecule has 0 unspecified atom stereocenters. The Morgan fingerprint density at radius 3 is 2.52 bits per heavy atom. The van der Waals surface area contributed by atoms with Gasteiger partial charge in [0, 0.05) is 23.2 Å². The van der Waals surface area contributed by atoms with Gasteiger partial charge in [-0.2, -0.15) is 0 Å². The van der Waals surface area contributed by atoms with Gasteiger partial charge in [0.05, 0.1) is 10.6 Å². The lowest BCUT2D eigenvalue weighted by atomic mass is 10.1. The van der Waals surface area contributed by atoms with Gasteiger partial charge in [0.25, 0.3) is 5.56 Å². The molecule has 0 aliphatic carbocycles. The summed E-state index contributed by atoms with van der Waals surface area (Å²) in [6, 6.07) is 15.2. The molecular formula is C20H19N3O4S2. The molecule has 3 aromatic rings.